The molecule has 0 aliphatic carbocycles. The Morgan fingerprint density at radius 2 is 2.17 bits per heavy atom. The largest absolute Gasteiger partial charge is 0.491 e. The molecule has 7 heteroatoms. The highest BCUT2D eigenvalue weighted by Gasteiger charge is 2.35. The van der Waals surface area contributed by atoms with Gasteiger partial charge in [-0.1, -0.05) is 0 Å². The SMILES string of the molecule is O=COc1ccc(OCC2CO2)cc1C(F)(F)F. The van der Waals surface area contributed by atoms with Crippen LogP contribution in [0.4, 0.5) is 13.2 Å². The van der Waals surface area contributed by atoms with Crippen molar-refractivity contribution in [3.63, 3.8) is 0 Å². The number of alkyl halides is 3. The Kier molecular flexibility index (Phi) is 3.42. The summed E-state index contributed by atoms with van der Waals surface area (Å²) in [5, 5.41) is 0. The minimum atomic E-state index is -4.62. The third-order valence-electron chi connectivity index (χ3n) is 2.27. The molecule has 0 N–H and O–H groups in total. The molecule has 0 radical (unpaired) electrons. The minimum absolute atomic E-state index is 0.0507. The molecule has 0 spiro atoms. The lowest BCUT2D eigenvalue weighted by Gasteiger charge is -2.13. The molecule has 18 heavy (non-hydrogen) atoms. The van der Waals surface area contributed by atoms with Gasteiger partial charge in [-0.2, -0.15) is 13.2 Å². The molecule has 98 valence electrons. The highest BCUT2D eigenvalue weighted by Crippen LogP contribution is 2.38. The van der Waals surface area contributed by atoms with Crippen molar-refractivity contribution in [3.05, 3.63) is 23.8 Å². The van der Waals surface area contributed by atoms with E-state index in [0.29, 0.717) is 6.61 Å². The Morgan fingerprint density at radius 3 is 2.72 bits per heavy atom. The highest BCUT2D eigenvalue weighted by molar-refractivity contribution is 5.50. The smallest absolute Gasteiger partial charge is 0.420 e. The normalized spacial score (nSPS) is 18.3. The van der Waals surface area contributed by atoms with Gasteiger partial charge in [0, 0.05) is 0 Å². The van der Waals surface area contributed by atoms with E-state index in [1.54, 1.807) is 0 Å². The molecule has 1 atom stereocenters. The zero-order valence-corrected chi connectivity index (χ0v) is 9.07. The van der Waals surface area contributed by atoms with Crippen molar-refractivity contribution in [1.29, 1.82) is 0 Å². The molecule has 0 bridgehead atoms. The molecule has 1 unspecified atom stereocenters. The van der Waals surface area contributed by atoms with E-state index in [0.717, 1.165) is 12.1 Å². The van der Waals surface area contributed by atoms with Crippen molar-refractivity contribution in [2.75, 3.05) is 13.2 Å². The van der Waals surface area contributed by atoms with Crippen LogP contribution in [-0.2, 0) is 15.7 Å². The molecular formula is C11H9F3O4. The maximum Gasteiger partial charge on any atom is 0.420 e. The lowest BCUT2D eigenvalue weighted by atomic mass is 10.2. The van der Waals surface area contributed by atoms with Gasteiger partial charge in [-0.15, -0.1) is 0 Å². The Bertz CT molecular complexity index is 440. The molecule has 1 aromatic carbocycles. The van der Waals surface area contributed by atoms with E-state index < -0.39 is 17.5 Å². The third kappa shape index (κ3) is 3.13. The first kappa shape index (κ1) is 12.7. The van der Waals surface area contributed by atoms with E-state index >= 15 is 0 Å². The maximum atomic E-state index is 12.7. The minimum Gasteiger partial charge on any atom is -0.491 e. The predicted octanol–water partition coefficient (Wildman–Crippen LogP) is 2.02. The lowest BCUT2D eigenvalue weighted by molar-refractivity contribution is -0.139. The number of hydrogen-bond acceptors (Lipinski definition) is 4. The average Bonchev–Trinajstić information content (AvgIpc) is 3.10. The second kappa shape index (κ2) is 4.85. The van der Waals surface area contributed by atoms with Crippen molar-refractivity contribution >= 4 is 6.47 Å². The van der Waals surface area contributed by atoms with Crippen LogP contribution in [0.1, 0.15) is 5.56 Å². The number of epoxide rings is 1. The van der Waals surface area contributed by atoms with E-state index in [1.807, 2.05) is 0 Å². The van der Waals surface area contributed by atoms with Crippen LogP contribution in [0.5, 0.6) is 11.5 Å². The van der Waals surface area contributed by atoms with Gasteiger partial charge < -0.3 is 14.2 Å². The second-order valence-corrected chi connectivity index (χ2v) is 3.64. The summed E-state index contributed by atoms with van der Waals surface area (Å²) < 4.78 is 52.3. The van der Waals surface area contributed by atoms with Gasteiger partial charge in [-0.05, 0) is 18.2 Å². The molecule has 1 aliphatic heterocycles. The van der Waals surface area contributed by atoms with Crippen LogP contribution in [0.2, 0.25) is 0 Å². The van der Waals surface area contributed by atoms with Gasteiger partial charge in [0.2, 0.25) is 0 Å². The second-order valence-electron chi connectivity index (χ2n) is 3.64. The van der Waals surface area contributed by atoms with Crippen molar-refractivity contribution < 1.29 is 32.2 Å². The molecule has 0 aromatic heterocycles. The zero-order chi connectivity index (χ0) is 13.2. The van der Waals surface area contributed by atoms with E-state index in [1.165, 1.54) is 6.07 Å². The van der Waals surface area contributed by atoms with Crippen LogP contribution >= 0.6 is 0 Å². The summed E-state index contributed by atoms with van der Waals surface area (Å²) in [6.07, 6.45) is -4.67. The molecule has 4 nitrogen and oxygen atoms in total. The van der Waals surface area contributed by atoms with Crippen LogP contribution in [-0.4, -0.2) is 25.8 Å². The first-order valence-electron chi connectivity index (χ1n) is 5.06. The highest BCUT2D eigenvalue weighted by atomic mass is 19.4. The molecule has 1 fully saturated rings. The number of halogens is 3. The lowest BCUT2D eigenvalue weighted by Crippen LogP contribution is -2.10. The van der Waals surface area contributed by atoms with Crippen molar-refractivity contribution in [3.8, 4) is 11.5 Å². The third-order valence-corrected chi connectivity index (χ3v) is 2.27. The van der Waals surface area contributed by atoms with Gasteiger partial charge in [-0.25, -0.2) is 0 Å². The number of benzene rings is 1. The van der Waals surface area contributed by atoms with Crippen LogP contribution < -0.4 is 9.47 Å². The molecule has 2 rings (SSSR count). The Morgan fingerprint density at radius 1 is 1.44 bits per heavy atom. The average molecular weight is 262 g/mol. The standard InChI is InChI=1S/C11H9F3O4/c12-11(13,14)9-3-7(16-4-8-5-17-8)1-2-10(9)18-6-15/h1-3,6,8H,4-5H2. The van der Waals surface area contributed by atoms with Crippen LogP contribution in [0.25, 0.3) is 0 Å². The van der Waals surface area contributed by atoms with Crippen LogP contribution in [0, 0.1) is 0 Å². The molecule has 1 aromatic rings. The van der Waals surface area contributed by atoms with Gasteiger partial charge in [0.1, 0.15) is 29.8 Å². The maximum absolute atomic E-state index is 12.7. The number of carbonyl (C=O) groups is 1. The number of rotatable bonds is 5. The fraction of sp³-hybridized carbons (Fsp3) is 0.364. The van der Waals surface area contributed by atoms with Crippen LogP contribution in [0.15, 0.2) is 18.2 Å². The summed E-state index contributed by atoms with van der Waals surface area (Å²) >= 11 is 0. The Hall–Kier alpha value is -1.76. The molecule has 0 saturated carbocycles. The Balaban J connectivity index is 2.19. The van der Waals surface area contributed by atoms with Crippen molar-refractivity contribution in [2.45, 2.75) is 12.3 Å². The van der Waals surface area contributed by atoms with E-state index in [2.05, 4.69) is 4.74 Å². The fourth-order valence-electron chi connectivity index (χ4n) is 1.33. The summed E-state index contributed by atoms with van der Waals surface area (Å²) in [6, 6.07) is 3.14. The molecule has 1 heterocycles. The quantitative estimate of drug-likeness (QED) is 0.601. The number of hydrogen-bond donors (Lipinski definition) is 0. The van der Waals surface area contributed by atoms with E-state index in [9.17, 15) is 18.0 Å². The van der Waals surface area contributed by atoms with Crippen molar-refractivity contribution in [2.24, 2.45) is 0 Å². The molecule has 1 aliphatic rings. The van der Waals surface area contributed by atoms with Crippen LogP contribution in [0.3, 0.4) is 0 Å². The van der Waals surface area contributed by atoms with Gasteiger partial charge in [0.25, 0.3) is 6.47 Å². The first-order valence-corrected chi connectivity index (χ1v) is 5.06. The summed E-state index contributed by atoms with van der Waals surface area (Å²) in [5.41, 5.74) is -1.05. The molecular weight excluding hydrogens is 253 g/mol. The number of ether oxygens (including phenoxy) is 3. The summed E-state index contributed by atoms with van der Waals surface area (Å²) in [7, 11) is 0. The monoisotopic (exact) mass is 262 g/mol. The summed E-state index contributed by atoms with van der Waals surface area (Å²) in [4.78, 5) is 10.1. The fourth-order valence-corrected chi connectivity index (χ4v) is 1.33. The van der Waals surface area contributed by atoms with Crippen molar-refractivity contribution in [1.82, 2.24) is 0 Å². The summed E-state index contributed by atoms with van der Waals surface area (Å²) in [5.74, 6) is -0.497. The first-order chi connectivity index (χ1) is 8.50. The Labute approximate surface area is 100 Å². The van der Waals surface area contributed by atoms with Gasteiger partial charge in [0.15, 0.2) is 0 Å². The topological polar surface area (TPSA) is 48.1 Å². The molecule has 1 saturated heterocycles. The zero-order valence-electron chi connectivity index (χ0n) is 9.07. The number of carbonyl (C=O) groups excluding carboxylic acids is 1. The predicted molar refractivity (Wildman–Crippen MR) is 53.4 cm³/mol. The summed E-state index contributed by atoms with van der Waals surface area (Å²) in [6.45, 7) is 0.701. The van der Waals surface area contributed by atoms with E-state index in [-0.39, 0.29) is 24.9 Å². The van der Waals surface area contributed by atoms with Gasteiger partial charge in [-0.3, -0.25) is 4.79 Å². The molecule has 0 amide bonds. The van der Waals surface area contributed by atoms with E-state index in [4.69, 9.17) is 9.47 Å². The van der Waals surface area contributed by atoms with Gasteiger partial charge in [0.05, 0.1) is 6.61 Å². The van der Waals surface area contributed by atoms with Gasteiger partial charge >= 0.3 is 6.18 Å².